The Labute approximate surface area is 154 Å². The minimum Gasteiger partial charge on any atom is -0.376 e. The van der Waals surface area contributed by atoms with Crippen molar-refractivity contribution >= 4 is 27.9 Å². The van der Waals surface area contributed by atoms with E-state index in [9.17, 15) is 10.1 Å². The zero-order valence-electron chi connectivity index (χ0n) is 13.5. The van der Waals surface area contributed by atoms with Gasteiger partial charge in [0.05, 0.1) is 18.0 Å². The lowest BCUT2D eigenvalue weighted by molar-refractivity contribution is -0.117. The second kappa shape index (κ2) is 8.10. The maximum atomic E-state index is 12.3. The van der Waals surface area contributed by atoms with Crippen molar-refractivity contribution in [2.75, 3.05) is 13.2 Å². The number of amides is 1. The number of ether oxygens (including phenoxy) is 1. The number of nitriles is 1. The van der Waals surface area contributed by atoms with Crippen molar-refractivity contribution in [1.82, 2.24) is 15.5 Å². The highest BCUT2D eigenvalue weighted by molar-refractivity contribution is 9.10. The molecule has 25 heavy (non-hydrogen) atoms. The van der Waals surface area contributed by atoms with Crippen LogP contribution in [-0.2, 0) is 9.53 Å². The molecule has 0 bridgehead atoms. The van der Waals surface area contributed by atoms with E-state index in [1.807, 2.05) is 30.3 Å². The van der Waals surface area contributed by atoms with Crippen molar-refractivity contribution in [3.8, 4) is 17.3 Å². The number of hydrogen-bond acceptors (Lipinski definition) is 4. The third-order valence-corrected chi connectivity index (χ3v) is 4.51. The largest absolute Gasteiger partial charge is 0.376 e. The van der Waals surface area contributed by atoms with E-state index >= 15 is 0 Å². The number of aromatic amines is 1. The van der Waals surface area contributed by atoms with Gasteiger partial charge in [-0.1, -0.05) is 28.1 Å². The summed E-state index contributed by atoms with van der Waals surface area (Å²) in [5.41, 5.74) is 2.40. The van der Waals surface area contributed by atoms with Crippen LogP contribution >= 0.6 is 15.9 Å². The maximum absolute atomic E-state index is 12.3. The molecule has 1 saturated heterocycles. The molecule has 0 aliphatic carbocycles. The molecule has 2 aromatic rings. The Morgan fingerprint density at radius 2 is 2.28 bits per heavy atom. The van der Waals surface area contributed by atoms with Gasteiger partial charge in [0, 0.05) is 28.8 Å². The average Bonchev–Trinajstić information content (AvgIpc) is 3.30. The number of hydrogen-bond donors (Lipinski definition) is 2. The fourth-order valence-corrected chi connectivity index (χ4v) is 2.93. The quantitative estimate of drug-likeness (QED) is 0.595. The molecular weight excluding hydrogens is 384 g/mol. The van der Waals surface area contributed by atoms with Crippen LogP contribution in [0.3, 0.4) is 0 Å². The van der Waals surface area contributed by atoms with Gasteiger partial charge in [0.25, 0.3) is 5.91 Å². The van der Waals surface area contributed by atoms with Gasteiger partial charge < -0.3 is 10.1 Å². The van der Waals surface area contributed by atoms with E-state index in [2.05, 4.69) is 31.4 Å². The summed E-state index contributed by atoms with van der Waals surface area (Å²) >= 11 is 3.40. The van der Waals surface area contributed by atoms with E-state index < -0.39 is 5.91 Å². The fraction of sp³-hybridized carbons (Fsp3) is 0.278. The number of nitrogens with zero attached hydrogens (tertiary/aromatic N) is 2. The van der Waals surface area contributed by atoms with Crippen LogP contribution in [0.15, 0.2) is 40.5 Å². The average molecular weight is 401 g/mol. The van der Waals surface area contributed by atoms with Gasteiger partial charge in [-0.2, -0.15) is 10.4 Å². The van der Waals surface area contributed by atoms with E-state index in [0.29, 0.717) is 12.1 Å². The van der Waals surface area contributed by atoms with Crippen LogP contribution in [0.1, 0.15) is 18.4 Å². The van der Waals surface area contributed by atoms with Crippen LogP contribution < -0.4 is 5.32 Å². The lowest BCUT2D eigenvalue weighted by Gasteiger charge is -2.10. The van der Waals surface area contributed by atoms with Crippen LogP contribution in [0.4, 0.5) is 0 Å². The van der Waals surface area contributed by atoms with Crippen LogP contribution in [0.5, 0.6) is 0 Å². The molecule has 1 amide bonds. The highest BCUT2D eigenvalue weighted by atomic mass is 79.9. The molecule has 1 aromatic heterocycles. The summed E-state index contributed by atoms with van der Waals surface area (Å²) in [7, 11) is 0. The number of H-pyrrole nitrogens is 1. The monoisotopic (exact) mass is 400 g/mol. The normalized spacial score (nSPS) is 17.3. The summed E-state index contributed by atoms with van der Waals surface area (Å²) in [6, 6.07) is 9.66. The zero-order valence-corrected chi connectivity index (χ0v) is 15.0. The molecule has 2 heterocycles. The highest BCUT2D eigenvalue weighted by Gasteiger charge is 2.18. The Hall–Kier alpha value is -2.43. The van der Waals surface area contributed by atoms with Gasteiger partial charge >= 0.3 is 0 Å². The van der Waals surface area contributed by atoms with Crippen LogP contribution in [-0.4, -0.2) is 35.4 Å². The third kappa shape index (κ3) is 4.35. The zero-order chi connectivity index (χ0) is 17.6. The topological polar surface area (TPSA) is 90.8 Å². The lowest BCUT2D eigenvalue weighted by Crippen LogP contribution is -2.32. The summed E-state index contributed by atoms with van der Waals surface area (Å²) in [5, 5.41) is 19.1. The van der Waals surface area contributed by atoms with E-state index in [-0.39, 0.29) is 11.7 Å². The predicted molar refractivity (Wildman–Crippen MR) is 97.3 cm³/mol. The minimum atomic E-state index is -0.402. The second-order valence-corrected chi connectivity index (χ2v) is 6.64. The summed E-state index contributed by atoms with van der Waals surface area (Å²) in [4.78, 5) is 12.3. The molecule has 0 saturated carbocycles. The smallest absolute Gasteiger partial charge is 0.262 e. The first-order chi connectivity index (χ1) is 12.2. The predicted octanol–water partition coefficient (Wildman–Crippen LogP) is 3.04. The van der Waals surface area contributed by atoms with Crippen molar-refractivity contribution in [2.45, 2.75) is 18.9 Å². The molecular formula is C18H17BrN4O2. The van der Waals surface area contributed by atoms with Crippen molar-refractivity contribution in [3.05, 3.63) is 46.1 Å². The van der Waals surface area contributed by atoms with Gasteiger partial charge in [0.2, 0.25) is 0 Å². The lowest BCUT2D eigenvalue weighted by atomic mass is 10.1. The molecule has 6 nitrogen and oxygen atoms in total. The Bertz CT molecular complexity index is 814. The number of halogens is 1. The van der Waals surface area contributed by atoms with Crippen molar-refractivity contribution in [3.63, 3.8) is 0 Å². The molecule has 3 rings (SSSR count). The fourth-order valence-electron chi connectivity index (χ4n) is 2.66. The van der Waals surface area contributed by atoms with Crippen LogP contribution in [0, 0.1) is 11.3 Å². The molecule has 1 atom stereocenters. The summed E-state index contributed by atoms with van der Waals surface area (Å²) in [5.74, 6) is -0.402. The molecule has 1 fully saturated rings. The molecule has 7 heteroatoms. The number of carbonyl (C=O) groups is 1. The van der Waals surface area contributed by atoms with Crippen molar-refractivity contribution in [2.24, 2.45) is 0 Å². The first-order valence-electron chi connectivity index (χ1n) is 7.98. The summed E-state index contributed by atoms with van der Waals surface area (Å²) in [6.45, 7) is 1.15. The van der Waals surface area contributed by atoms with Gasteiger partial charge in [-0.25, -0.2) is 0 Å². The van der Waals surface area contributed by atoms with E-state index in [0.717, 1.165) is 35.2 Å². The Kier molecular flexibility index (Phi) is 5.64. The van der Waals surface area contributed by atoms with Gasteiger partial charge in [-0.15, -0.1) is 0 Å². The molecule has 1 aromatic carbocycles. The first-order valence-corrected chi connectivity index (χ1v) is 8.77. The molecule has 0 spiro atoms. The molecule has 1 aliphatic rings. The Morgan fingerprint density at radius 1 is 1.48 bits per heavy atom. The van der Waals surface area contributed by atoms with Gasteiger partial charge in [-0.05, 0) is 31.1 Å². The Balaban J connectivity index is 1.76. The third-order valence-electron chi connectivity index (χ3n) is 3.98. The van der Waals surface area contributed by atoms with Crippen molar-refractivity contribution in [1.29, 1.82) is 5.26 Å². The SMILES string of the molecule is N#C/C(=C\c1cn[nH]c1-c1ccc(Br)cc1)C(=O)NC[C@H]1CCCO1. The van der Waals surface area contributed by atoms with Gasteiger partial charge in [0.15, 0.2) is 0 Å². The molecule has 0 radical (unpaired) electrons. The highest BCUT2D eigenvalue weighted by Crippen LogP contribution is 2.24. The number of benzene rings is 1. The molecule has 128 valence electrons. The summed E-state index contributed by atoms with van der Waals surface area (Å²) in [6.07, 6.45) is 5.12. The van der Waals surface area contributed by atoms with E-state index in [1.54, 1.807) is 12.3 Å². The second-order valence-electron chi connectivity index (χ2n) is 5.72. The van der Waals surface area contributed by atoms with Crippen molar-refractivity contribution < 1.29 is 9.53 Å². The van der Waals surface area contributed by atoms with Crippen LogP contribution in [0.2, 0.25) is 0 Å². The standard InChI is InChI=1S/C18H17BrN4O2/c19-15-5-3-12(4-6-15)17-14(10-22-23-17)8-13(9-20)18(24)21-11-16-2-1-7-25-16/h3-6,8,10,16H,1-2,7,11H2,(H,21,24)(H,22,23)/b13-8+/t16-/m1/s1. The number of carbonyl (C=O) groups excluding carboxylic acids is 1. The van der Waals surface area contributed by atoms with E-state index in [1.165, 1.54) is 0 Å². The Morgan fingerprint density at radius 3 is 2.96 bits per heavy atom. The molecule has 0 unspecified atom stereocenters. The van der Waals surface area contributed by atoms with E-state index in [4.69, 9.17) is 4.74 Å². The molecule has 1 aliphatic heterocycles. The number of rotatable bonds is 5. The number of aromatic nitrogens is 2. The number of nitrogens with one attached hydrogen (secondary N) is 2. The first kappa shape index (κ1) is 17.4. The maximum Gasteiger partial charge on any atom is 0.262 e. The van der Waals surface area contributed by atoms with Crippen LogP contribution in [0.25, 0.3) is 17.3 Å². The summed E-state index contributed by atoms with van der Waals surface area (Å²) < 4.78 is 6.44. The minimum absolute atomic E-state index is 0.0381. The van der Waals surface area contributed by atoms with Gasteiger partial charge in [-0.3, -0.25) is 9.89 Å². The van der Waals surface area contributed by atoms with Gasteiger partial charge in [0.1, 0.15) is 11.6 Å². The molecule has 2 N–H and O–H groups in total.